The van der Waals surface area contributed by atoms with E-state index in [2.05, 4.69) is 52.1 Å². The fourth-order valence-corrected chi connectivity index (χ4v) is 1.86. The van der Waals surface area contributed by atoms with Crippen LogP contribution < -0.4 is 5.32 Å². The van der Waals surface area contributed by atoms with Gasteiger partial charge in [0, 0.05) is 10.5 Å². The fraction of sp³-hybridized carbons (Fsp3) is 0.333. The maximum absolute atomic E-state index is 3.53. The van der Waals surface area contributed by atoms with Crippen molar-refractivity contribution in [3.05, 3.63) is 34.3 Å². The molecule has 0 saturated heterocycles. The first-order valence-electron chi connectivity index (χ1n) is 4.63. The Morgan fingerprint density at radius 2 is 2.14 bits per heavy atom. The lowest BCUT2D eigenvalue weighted by Crippen LogP contribution is -2.19. The van der Waals surface area contributed by atoms with E-state index in [1.165, 1.54) is 5.56 Å². The third kappa shape index (κ3) is 3.17. The smallest absolute Gasteiger partial charge is 0.0581 e. The van der Waals surface area contributed by atoms with Gasteiger partial charge in [-0.15, -0.1) is 5.92 Å². The average Bonchev–Trinajstić information content (AvgIpc) is 2.18. The van der Waals surface area contributed by atoms with Gasteiger partial charge in [-0.05, 0) is 25.5 Å². The van der Waals surface area contributed by atoms with Gasteiger partial charge in [-0.25, -0.2) is 0 Å². The number of nitrogens with one attached hydrogen (secondary N) is 1. The summed E-state index contributed by atoms with van der Waals surface area (Å²) in [6.07, 6.45) is 0. The minimum absolute atomic E-state index is 0.325. The van der Waals surface area contributed by atoms with Crippen LogP contribution in [-0.4, -0.2) is 6.54 Å². The maximum atomic E-state index is 3.53. The van der Waals surface area contributed by atoms with Gasteiger partial charge in [0.25, 0.3) is 0 Å². The molecule has 2 heteroatoms. The number of hydrogen-bond acceptors (Lipinski definition) is 1. The number of halogens is 1. The van der Waals surface area contributed by atoms with Crippen molar-refractivity contribution >= 4 is 15.9 Å². The van der Waals surface area contributed by atoms with Crippen LogP contribution in [0.3, 0.4) is 0 Å². The summed E-state index contributed by atoms with van der Waals surface area (Å²) in [6, 6.07) is 8.56. The van der Waals surface area contributed by atoms with Crippen molar-refractivity contribution in [1.82, 2.24) is 5.32 Å². The predicted molar refractivity (Wildman–Crippen MR) is 64.0 cm³/mol. The molecule has 0 bridgehead atoms. The molecule has 1 rings (SSSR count). The van der Waals surface area contributed by atoms with Gasteiger partial charge >= 0.3 is 0 Å². The summed E-state index contributed by atoms with van der Waals surface area (Å²) in [7, 11) is 0. The molecular formula is C12H14BrN. The van der Waals surface area contributed by atoms with Crippen LogP contribution >= 0.6 is 15.9 Å². The molecule has 0 aliphatic rings. The first kappa shape index (κ1) is 11.3. The van der Waals surface area contributed by atoms with E-state index in [1.54, 1.807) is 0 Å². The van der Waals surface area contributed by atoms with E-state index in [4.69, 9.17) is 0 Å². The highest BCUT2D eigenvalue weighted by atomic mass is 79.9. The Labute approximate surface area is 94.0 Å². The lowest BCUT2D eigenvalue weighted by atomic mass is 10.1. The van der Waals surface area contributed by atoms with Crippen molar-refractivity contribution in [3.63, 3.8) is 0 Å². The molecule has 14 heavy (non-hydrogen) atoms. The predicted octanol–water partition coefficient (Wildman–Crippen LogP) is 3.12. The maximum Gasteiger partial charge on any atom is 0.0581 e. The molecule has 1 N–H and O–H groups in total. The number of rotatable bonds is 3. The van der Waals surface area contributed by atoms with Gasteiger partial charge in [0.05, 0.1) is 6.54 Å². The Morgan fingerprint density at radius 3 is 2.79 bits per heavy atom. The van der Waals surface area contributed by atoms with Crippen molar-refractivity contribution in [2.24, 2.45) is 0 Å². The normalized spacial score (nSPS) is 11.6. The highest BCUT2D eigenvalue weighted by Crippen LogP contribution is 2.22. The second kappa shape index (κ2) is 5.85. The molecule has 0 fully saturated rings. The van der Waals surface area contributed by atoms with E-state index in [1.807, 2.05) is 19.1 Å². The van der Waals surface area contributed by atoms with Gasteiger partial charge in [0.2, 0.25) is 0 Å². The Bertz CT molecular complexity index is 349. The summed E-state index contributed by atoms with van der Waals surface area (Å²) < 4.78 is 1.14. The van der Waals surface area contributed by atoms with Crippen molar-refractivity contribution < 1.29 is 0 Å². The monoisotopic (exact) mass is 251 g/mol. The molecule has 0 amide bonds. The van der Waals surface area contributed by atoms with Crippen molar-refractivity contribution in [1.29, 1.82) is 0 Å². The third-order valence-electron chi connectivity index (χ3n) is 2.05. The second-order valence-corrected chi connectivity index (χ2v) is 3.91. The van der Waals surface area contributed by atoms with Gasteiger partial charge < -0.3 is 0 Å². The van der Waals surface area contributed by atoms with Crippen molar-refractivity contribution in [3.8, 4) is 11.8 Å². The highest BCUT2D eigenvalue weighted by Gasteiger charge is 2.06. The molecule has 0 radical (unpaired) electrons. The molecule has 0 aliphatic carbocycles. The highest BCUT2D eigenvalue weighted by molar-refractivity contribution is 9.10. The van der Waals surface area contributed by atoms with Gasteiger partial charge in [-0.2, -0.15) is 0 Å². The SMILES string of the molecule is CC#CCN[C@@H](C)c1ccccc1Br. The zero-order valence-corrected chi connectivity index (χ0v) is 10.1. The minimum Gasteiger partial charge on any atom is -0.300 e. The summed E-state index contributed by atoms with van der Waals surface area (Å²) in [4.78, 5) is 0. The number of benzene rings is 1. The Balaban J connectivity index is 2.63. The summed E-state index contributed by atoms with van der Waals surface area (Å²) in [5.41, 5.74) is 1.27. The van der Waals surface area contributed by atoms with Gasteiger partial charge in [-0.3, -0.25) is 5.32 Å². The van der Waals surface area contributed by atoms with Crippen LogP contribution in [0.5, 0.6) is 0 Å². The van der Waals surface area contributed by atoms with E-state index in [0.717, 1.165) is 11.0 Å². The van der Waals surface area contributed by atoms with Crippen LogP contribution in [0.2, 0.25) is 0 Å². The van der Waals surface area contributed by atoms with Crippen LogP contribution in [0.15, 0.2) is 28.7 Å². The summed E-state index contributed by atoms with van der Waals surface area (Å²) in [6.45, 7) is 4.72. The lowest BCUT2D eigenvalue weighted by molar-refractivity contribution is 0.621. The topological polar surface area (TPSA) is 12.0 Å². The van der Waals surface area contributed by atoms with Crippen molar-refractivity contribution in [2.45, 2.75) is 19.9 Å². The molecule has 0 heterocycles. The first-order chi connectivity index (χ1) is 6.75. The van der Waals surface area contributed by atoms with E-state index in [9.17, 15) is 0 Å². The molecule has 1 nitrogen and oxygen atoms in total. The van der Waals surface area contributed by atoms with Crippen molar-refractivity contribution in [2.75, 3.05) is 6.54 Å². The molecule has 0 saturated carbocycles. The molecule has 0 aliphatic heterocycles. The molecule has 74 valence electrons. The molecule has 0 aromatic heterocycles. The van der Waals surface area contributed by atoms with Crippen LogP contribution in [0, 0.1) is 11.8 Å². The molecule has 1 aromatic carbocycles. The van der Waals surface area contributed by atoms with Gasteiger partial charge in [-0.1, -0.05) is 40.0 Å². The fourth-order valence-electron chi connectivity index (χ4n) is 1.23. The molecule has 1 atom stereocenters. The van der Waals surface area contributed by atoms with Crippen LogP contribution in [0.4, 0.5) is 0 Å². The van der Waals surface area contributed by atoms with Crippen LogP contribution in [0.25, 0.3) is 0 Å². The molecule has 1 aromatic rings. The van der Waals surface area contributed by atoms with E-state index < -0.39 is 0 Å². The van der Waals surface area contributed by atoms with E-state index in [0.29, 0.717) is 6.04 Å². The third-order valence-corrected chi connectivity index (χ3v) is 2.77. The van der Waals surface area contributed by atoms with E-state index in [-0.39, 0.29) is 0 Å². The minimum atomic E-state index is 0.325. The quantitative estimate of drug-likeness (QED) is 0.815. The molecule has 0 spiro atoms. The Kier molecular flexibility index (Phi) is 4.72. The first-order valence-corrected chi connectivity index (χ1v) is 5.42. The second-order valence-electron chi connectivity index (χ2n) is 3.05. The Hall–Kier alpha value is -0.780. The Morgan fingerprint density at radius 1 is 1.43 bits per heavy atom. The lowest BCUT2D eigenvalue weighted by Gasteiger charge is -2.13. The zero-order valence-electron chi connectivity index (χ0n) is 8.47. The van der Waals surface area contributed by atoms with Crippen LogP contribution in [-0.2, 0) is 0 Å². The molecular weight excluding hydrogens is 238 g/mol. The van der Waals surface area contributed by atoms with Crippen LogP contribution in [0.1, 0.15) is 25.5 Å². The number of hydrogen-bond donors (Lipinski definition) is 1. The zero-order chi connectivity index (χ0) is 10.4. The summed E-state index contributed by atoms with van der Waals surface area (Å²) >= 11 is 3.53. The van der Waals surface area contributed by atoms with Gasteiger partial charge in [0.1, 0.15) is 0 Å². The average molecular weight is 252 g/mol. The van der Waals surface area contributed by atoms with E-state index >= 15 is 0 Å². The molecule has 0 unspecified atom stereocenters. The largest absolute Gasteiger partial charge is 0.300 e. The summed E-state index contributed by atoms with van der Waals surface area (Å²) in [5, 5.41) is 3.34. The van der Waals surface area contributed by atoms with Gasteiger partial charge in [0.15, 0.2) is 0 Å². The summed E-state index contributed by atoms with van der Waals surface area (Å²) in [5.74, 6) is 5.86. The standard InChI is InChI=1S/C12H14BrN/c1-3-4-9-14-10(2)11-7-5-6-8-12(11)13/h5-8,10,14H,9H2,1-2H3/t10-/m0/s1.